The van der Waals surface area contributed by atoms with E-state index in [2.05, 4.69) is 0 Å². The number of carbonyl (C=O) groups is 1. The molecule has 23 heavy (non-hydrogen) atoms. The monoisotopic (exact) mass is 328 g/mol. The first-order valence-corrected chi connectivity index (χ1v) is 7.85. The molecule has 0 spiro atoms. The SMILES string of the molecule is [2H]C([2H])([2H])C([2H])([2H])C(C(=O)OCCOCC[N+]([O-])(CC)CC)c1ccccc1. The lowest BCUT2D eigenvalue weighted by atomic mass is 9.97. The van der Waals surface area contributed by atoms with Crippen LogP contribution < -0.4 is 0 Å². The molecular weight excluding hydrogens is 294 g/mol. The Morgan fingerprint density at radius 3 is 2.57 bits per heavy atom. The molecule has 0 aliphatic carbocycles. The summed E-state index contributed by atoms with van der Waals surface area (Å²) in [5, 5.41) is 12.1. The number of esters is 1. The van der Waals surface area contributed by atoms with Crippen molar-refractivity contribution in [3.63, 3.8) is 0 Å². The topological polar surface area (TPSA) is 58.6 Å². The van der Waals surface area contributed by atoms with Crippen LogP contribution in [0.25, 0.3) is 0 Å². The van der Waals surface area contributed by atoms with Crippen molar-refractivity contribution < 1.29 is 25.8 Å². The lowest BCUT2D eigenvalue weighted by Crippen LogP contribution is -2.44. The van der Waals surface area contributed by atoms with Gasteiger partial charge in [0.2, 0.25) is 0 Å². The summed E-state index contributed by atoms with van der Waals surface area (Å²) in [4.78, 5) is 12.5. The fourth-order valence-corrected chi connectivity index (χ4v) is 2.08. The summed E-state index contributed by atoms with van der Waals surface area (Å²) in [7, 11) is 0. The minimum Gasteiger partial charge on any atom is -0.633 e. The molecule has 0 bridgehead atoms. The van der Waals surface area contributed by atoms with Crippen LogP contribution in [0.5, 0.6) is 0 Å². The molecule has 0 aliphatic rings. The molecule has 0 heterocycles. The fourth-order valence-electron chi connectivity index (χ4n) is 2.08. The van der Waals surface area contributed by atoms with E-state index in [1.54, 1.807) is 32.0 Å². The molecule has 1 unspecified atom stereocenters. The van der Waals surface area contributed by atoms with Gasteiger partial charge in [-0.15, -0.1) is 0 Å². The van der Waals surface area contributed by atoms with Crippen LogP contribution >= 0.6 is 0 Å². The van der Waals surface area contributed by atoms with E-state index in [1.807, 2.05) is 0 Å². The van der Waals surface area contributed by atoms with E-state index in [1.165, 1.54) is 12.1 Å². The van der Waals surface area contributed by atoms with Gasteiger partial charge in [-0.2, -0.15) is 0 Å². The lowest BCUT2D eigenvalue weighted by Gasteiger charge is -2.40. The van der Waals surface area contributed by atoms with Gasteiger partial charge in [-0.1, -0.05) is 37.2 Å². The maximum Gasteiger partial charge on any atom is 0.313 e. The summed E-state index contributed by atoms with van der Waals surface area (Å²) in [6, 6.07) is 7.87. The lowest BCUT2D eigenvalue weighted by molar-refractivity contribution is -0.877. The molecule has 0 amide bonds. The smallest absolute Gasteiger partial charge is 0.313 e. The summed E-state index contributed by atoms with van der Waals surface area (Å²) < 4.78 is 48.4. The predicted molar refractivity (Wildman–Crippen MR) is 90.8 cm³/mol. The second-order valence-corrected chi connectivity index (χ2v) is 5.18. The molecule has 1 rings (SSSR count). The molecule has 0 aromatic heterocycles. The zero-order chi connectivity index (χ0) is 21.4. The molecule has 0 saturated heterocycles. The molecule has 1 aromatic rings. The van der Waals surface area contributed by atoms with Crippen LogP contribution in [0.15, 0.2) is 30.3 Å². The van der Waals surface area contributed by atoms with Gasteiger partial charge in [0.1, 0.15) is 13.2 Å². The Kier molecular flexibility index (Phi) is 5.83. The van der Waals surface area contributed by atoms with E-state index in [-0.39, 0.29) is 36.6 Å². The minimum absolute atomic E-state index is 0.0391. The van der Waals surface area contributed by atoms with Crippen LogP contribution in [0.4, 0.5) is 0 Å². The molecule has 0 radical (unpaired) electrons. The first-order valence-electron chi connectivity index (χ1n) is 10.3. The quantitative estimate of drug-likeness (QED) is 0.271. The molecule has 1 atom stereocenters. The Balaban J connectivity index is 2.67. The molecule has 1 aromatic carbocycles. The van der Waals surface area contributed by atoms with E-state index < -0.39 is 25.1 Å². The Morgan fingerprint density at radius 2 is 1.96 bits per heavy atom. The third kappa shape index (κ3) is 6.69. The van der Waals surface area contributed by atoms with Crippen molar-refractivity contribution in [2.45, 2.75) is 33.0 Å². The fraction of sp³-hybridized carbons (Fsp3) is 0.611. The van der Waals surface area contributed by atoms with Crippen molar-refractivity contribution in [1.82, 2.24) is 0 Å². The second-order valence-electron chi connectivity index (χ2n) is 5.18. The van der Waals surface area contributed by atoms with Crippen molar-refractivity contribution in [1.29, 1.82) is 0 Å². The zero-order valence-corrected chi connectivity index (χ0v) is 13.8. The Bertz CT molecular complexity index is 606. The number of hydrogen-bond donors (Lipinski definition) is 0. The Morgan fingerprint density at radius 1 is 1.26 bits per heavy atom. The van der Waals surface area contributed by atoms with E-state index in [9.17, 15) is 10.0 Å². The number of benzene rings is 1. The highest BCUT2D eigenvalue weighted by Gasteiger charge is 2.19. The second kappa shape index (κ2) is 10.4. The van der Waals surface area contributed by atoms with Gasteiger partial charge in [0.05, 0.1) is 32.2 Å². The number of nitrogens with zero attached hydrogens (tertiary/aromatic N) is 1. The molecular formula is C18H29NO4. The third-order valence-electron chi connectivity index (χ3n) is 3.78. The largest absolute Gasteiger partial charge is 0.633 e. The average molecular weight is 328 g/mol. The van der Waals surface area contributed by atoms with E-state index in [0.29, 0.717) is 13.1 Å². The Hall–Kier alpha value is -1.43. The number of carbonyl (C=O) groups excluding carboxylic acids is 1. The summed E-state index contributed by atoms with van der Waals surface area (Å²) in [6.07, 6.45) is -2.80. The van der Waals surface area contributed by atoms with Gasteiger partial charge in [0.25, 0.3) is 0 Å². The van der Waals surface area contributed by atoms with Gasteiger partial charge in [0, 0.05) is 6.85 Å². The van der Waals surface area contributed by atoms with E-state index >= 15 is 0 Å². The Labute approximate surface area is 146 Å². The van der Waals surface area contributed by atoms with Gasteiger partial charge in [0.15, 0.2) is 0 Å². The standard InChI is InChI=1S/C18H29NO4/c1-4-17(16-10-8-7-9-11-16)18(20)23-15-14-22-13-12-19(21,5-2)6-3/h7-11,17H,4-6,12-15H2,1-3H3/i1D3,4D2. The predicted octanol–water partition coefficient (Wildman–Crippen LogP) is 3.09. The maximum absolute atomic E-state index is 12.5. The summed E-state index contributed by atoms with van der Waals surface area (Å²) in [5.74, 6) is -2.56. The summed E-state index contributed by atoms with van der Waals surface area (Å²) >= 11 is 0. The van der Waals surface area contributed by atoms with Crippen molar-refractivity contribution in [3.05, 3.63) is 41.1 Å². The van der Waals surface area contributed by atoms with Crippen molar-refractivity contribution in [3.8, 4) is 0 Å². The molecule has 0 fully saturated rings. The molecule has 0 saturated carbocycles. The first-order chi connectivity index (χ1) is 13.0. The zero-order valence-electron chi connectivity index (χ0n) is 18.8. The first kappa shape index (κ1) is 12.9. The van der Waals surface area contributed by atoms with Gasteiger partial charge >= 0.3 is 5.97 Å². The normalized spacial score (nSPS) is 17.3. The number of ether oxygens (including phenoxy) is 2. The highest BCUT2D eigenvalue weighted by atomic mass is 16.6. The van der Waals surface area contributed by atoms with E-state index in [0.717, 1.165) is 0 Å². The third-order valence-corrected chi connectivity index (χ3v) is 3.78. The van der Waals surface area contributed by atoms with Crippen LogP contribution in [-0.4, -0.2) is 50.1 Å². The van der Waals surface area contributed by atoms with Gasteiger partial charge in [-0.3, -0.25) is 4.79 Å². The van der Waals surface area contributed by atoms with Crippen LogP contribution in [0.2, 0.25) is 0 Å². The molecule has 0 aliphatic heterocycles. The van der Waals surface area contributed by atoms with Gasteiger partial charge < -0.3 is 19.3 Å². The van der Waals surface area contributed by atoms with Crippen molar-refractivity contribution in [2.24, 2.45) is 0 Å². The highest BCUT2D eigenvalue weighted by Crippen LogP contribution is 2.20. The summed E-state index contributed by atoms with van der Waals surface area (Å²) in [5.41, 5.74) is 0.230. The van der Waals surface area contributed by atoms with Gasteiger partial charge in [-0.25, -0.2) is 0 Å². The molecule has 130 valence electrons. The van der Waals surface area contributed by atoms with Gasteiger partial charge in [-0.05, 0) is 25.8 Å². The number of rotatable bonds is 11. The van der Waals surface area contributed by atoms with Crippen LogP contribution in [0.1, 0.15) is 45.4 Å². The molecule has 5 heteroatoms. The number of hydroxylamine groups is 3. The summed E-state index contributed by atoms with van der Waals surface area (Å²) in [6.45, 7) is 1.88. The van der Waals surface area contributed by atoms with Crippen LogP contribution in [0, 0.1) is 5.21 Å². The number of likely N-dealkylation sites (N-methyl/N-ethyl adjacent to an activating group) is 1. The maximum atomic E-state index is 12.5. The number of quaternary nitrogens is 1. The van der Waals surface area contributed by atoms with Crippen LogP contribution in [-0.2, 0) is 14.3 Å². The molecule has 5 nitrogen and oxygen atoms in total. The highest BCUT2D eigenvalue weighted by molar-refractivity contribution is 5.78. The van der Waals surface area contributed by atoms with Crippen LogP contribution in [0.3, 0.4) is 0 Å². The number of hydrogen-bond acceptors (Lipinski definition) is 4. The van der Waals surface area contributed by atoms with Crippen molar-refractivity contribution in [2.75, 3.05) is 39.5 Å². The minimum atomic E-state index is -3.00. The average Bonchev–Trinajstić information content (AvgIpc) is 2.64. The van der Waals surface area contributed by atoms with E-state index in [4.69, 9.17) is 16.3 Å². The molecule has 0 N–H and O–H groups in total. The van der Waals surface area contributed by atoms with Crippen molar-refractivity contribution >= 4 is 5.97 Å².